The molecule has 0 aliphatic carbocycles. The summed E-state index contributed by atoms with van der Waals surface area (Å²) in [6, 6.07) is 1.63. The van der Waals surface area contributed by atoms with Crippen LogP contribution in [-0.2, 0) is 6.54 Å². The number of hydrogen-bond donors (Lipinski definition) is 1. The summed E-state index contributed by atoms with van der Waals surface area (Å²) in [5.74, 6) is 0. The fraction of sp³-hybridized carbons (Fsp3) is 0.500. The van der Waals surface area contributed by atoms with Gasteiger partial charge >= 0.3 is 0 Å². The molecule has 1 rings (SSSR count). The molecule has 0 unspecified atom stereocenters. The third-order valence-electron chi connectivity index (χ3n) is 2.07. The van der Waals surface area contributed by atoms with Crippen LogP contribution in [0.1, 0.15) is 6.42 Å². The zero-order chi connectivity index (χ0) is 11.4. The highest BCUT2D eigenvalue weighted by Gasteiger charge is 2.02. The minimum Gasteiger partial charge on any atom is -0.398 e. The molecule has 84 valence electrons. The Balaban J connectivity index is 2.73. The van der Waals surface area contributed by atoms with E-state index >= 15 is 0 Å². The monoisotopic (exact) mass is 273 g/mol. The van der Waals surface area contributed by atoms with Gasteiger partial charge in [-0.25, -0.2) is 0 Å². The second-order valence-electron chi connectivity index (χ2n) is 3.78. The van der Waals surface area contributed by atoms with Crippen LogP contribution >= 0.6 is 15.9 Å². The van der Waals surface area contributed by atoms with Gasteiger partial charge in [-0.2, -0.15) is 0 Å². The van der Waals surface area contributed by atoms with Crippen molar-refractivity contribution in [2.45, 2.75) is 13.0 Å². The standard InChI is InChI=1S/C10H16BrN3O/c1-13(2)4-3-5-14-7-8(12)6-9(11)10(14)15/h6-7H,3-5,12H2,1-2H3. The van der Waals surface area contributed by atoms with Crippen LogP contribution in [0, 0.1) is 0 Å². The van der Waals surface area contributed by atoms with Crippen molar-refractivity contribution in [3.8, 4) is 0 Å². The van der Waals surface area contributed by atoms with Gasteiger partial charge in [0.1, 0.15) is 0 Å². The van der Waals surface area contributed by atoms with Crippen LogP contribution in [0.3, 0.4) is 0 Å². The summed E-state index contributed by atoms with van der Waals surface area (Å²) in [6.07, 6.45) is 2.62. The van der Waals surface area contributed by atoms with Gasteiger partial charge in [-0.05, 0) is 49.1 Å². The van der Waals surface area contributed by atoms with E-state index in [1.807, 2.05) is 14.1 Å². The first-order valence-corrected chi connectivity index (χ1v) is 5.60. The van der Waals surface area contributed by atoms with Crippen molar-refractivity contribution in [1.82, 2.24) is 9.47 Å². The van der Waals surface area contributed by atoms with Crippen molar-refractivity contribution in [3.63, 3.8) is 0 Å². The molecule has 0 aliphatic rings. The Hall–Kier alpha value is -0.810. The van der Waals surface area contributed by atoms with E-state index in [0.29, 0.717) is 16.7 Å². The van der Waals surface area contributed by atoms with Crippen LogP contribution in [0.15, 0.2) is 21.5 Å². The lowest BCUT2D eigenvalue weighted by Gasteiger charge is -2.11. The second-order valence-corrected chi connectivity index (χ2v) is 4.63. The summed E-state index contributed by atoms with van der Waals surface area (Å²) in [5, 5.41) is 0. The number of nitrogens with two attached hydrogens (primary N) is 1. The van der Waals surface area contributed by atoms with Gasteiger partial charge < -0.3 is 15.2 Å². The number of halogens is 1. The molecule has 0 aromatic carbocycles. The zero-order valence-electron chi connectivity index (χ0n) is 9.03. The Morgan fingerprint density at radius 3 is 2.80 bits per heavy atom. The van der Waals surface area contributed by atoms with E-state index in [9.17, 15) is 4.79 Å². The number of anilines is 1. The summed E-state index contributed by atoms with van der Waals surface area (Å²) in [6.45, 7) is 1.65. The summed E-state index contributed by atoms with van der Waals surface area (Å²) in [7, 11) is 4.02. The predicted molar refractivity (Wildman–Crippen MR) is 66.0 cm³/mol. The highest BCUT2D eigenvalue weighted by Crippen LogP contribution is 2.08. The molecule has 0 atom stereocenters. The van der Waals surface area contributed by atoms with Crippen LogP contribution in [0.4, 0.5) is 5.69 Å². The molecule has 2 N–H and O–H groups in total. The molecule has 1 heterocycles. The SMILES string of the molecule is CN(C)CCCn1cc(N)cc(Br)c1=O. The van der Waals surface area contributed by atoms with Crippen LogP contribution in [0.2, 0.25) is 0 Å². The third kappa shape index (κ3) is 3.68. The Morgan fingerprint density at radius 1 is 1.53 bits per heavy atom. The van der Waals surface area contributed by atoms with E-state index in [1.54, 1.807) is 16.8 Å². The summed E-state index contributed by atoms with van der Waals surface area (Å²) < 4.78 is 2.16. The summed E-state index contributed by atoms with van der Waals surface area (Å²) in [5.41, 5.74) is 6.24. The normalized spacial score (nSPS) is 10.9. The van der Waals surface area contributed by atoms with E-state index < -0.39 is 0 Å². The van der Waals surface area contributed by atoms with Gasteiger partial charge in [-0.15, -0.1) is 0 Å². The number of hydrogen-bond acceptors (Lipinski definition) is 3. The fourth-order valence-corrected chi connectivity index (χ4v) is 1.84. The number of pyridine rings is 1. The smallest absolute Gasteiger partial charge is 0.264 e. The Kier molecular flexibility index (Phi) is 4.35. The maximum atomic E-state index is 11.6. The average molecular weight is 274 g/mol. The van der Waals surface area contributed by atoms with E-state index in [0.717, 1.165) is 13.0 Å². The number of nitrogens with zero attached hydrogens (tertiary/aromatic N) is 2. The highest BCUT2D eigenvalue weighted by atomic mass is 79.9. The first-order chi connectivity index (χ1) is 7.00. The van der Waals surface area contributed by atoms with Crippen molar-refractivity contribution >= 4 is 21.6 Å². The molecule has 0 amide bonds. The average Bonchev–Trinajstić information content (AvgIpc) is 2.12. The molecule has 0 aliphatic heterocycles. The van der Waals surface area contributed by atoms with Crippen molar-refractivity contribution < 1.29 is 0 Å². The van der Waals surface area contributed by atoms with E-state index in [-0.39, 0.29) is 5.56 Å². The van der Waals surface area contributed by atoms with Gasteiger partial charge in [-0.1, -0.05) is 0 Å². The van der Waals surface area contributed by atoms with Crippen LogP contribution in [0.25, 0.3) is 0 Å². The first kappa shape index (κ1) is 12.3. The topological polar surface area (TPSA) is 51.3 Å². The molecule has 0 fully saturated rings. The quantitative estimate of drug-likeness (QED) is 0.896. The molecule has 0 bridgehead atoms. The number of aryl methyl sites for hydroxylation is 1. The summed E-state index contributed by atoms with van der Waals surface area (Å²) in [4.78, 5) is 13.7. The van der Waals surface area contributed by atoms with Gasteiger partial charge in [0.15, 0.2) is 0 Å². The molecular weight excluding hydrogens is 258 g/mol. The van der Waals surface area contributed by atoms with Crippen LogP contribution < -0.4 is 11.3 Å². The molecule has 4 nitrogen and oxygen atoms in total. The van der Waals surface area contributed by atoms with Crippen molar-refractivity contribution in [2.24, 2.45) is 0 Å². The van der Waals surface area contributed by atoms with Gasteiger partial charge in [0, 0.05) is 18.4 Å². The Labute approximate surface area is 97.8 Å². The molecule has 0 saturated heterocycles. The molecular formula is C10H16BrN3O. The molecule has 0 spiro atoms. The lowest BCUT2D eigenvalue weighted by molar-refractivity contribution is 0.385. The zero-order valence-corrected chi connectivity index (χ0v) is 10.6. The predicted octanol–water partition coefficient (Wildman–Crippen LogP) is 1.14. The molecule has 5 heteroatoms. The maximum Gasteiger partial charge on any atom is 0.264 e. The lowest BCUT2D eigenvalue weighted by atomic mass is 10.3. The van der Waals surface area contributed by atoms with Gasteiger partial charge in [0.05, 0.1) is 4.47 Å². The molecule has 0 saturated carbocycles. The molecule has 0 radical (unpaired) electrons. The van der Waals surface area contributed by atoms with Crippen molar-refractivity contribution in [1.29, 1.82) is 0 Å². The van der Waals surface area contributed by atoms with Gasteiger partial charge in [-0.3, -0.25) is 4.79 Å². The minimum absolute atomic E-state index is 0.0250. The molecule has 15 heavy (non-hydrogen) atoms. The number of nitrogen functional groups attached to an aromatic ring is 1. The largest absolute Gasteiger partial charge is 0.398 e. The van der Waals surface area contributed by atoms with E-state index in [1.165, 1.54) is 0 Å². The van der Waals surface area contributed by atoms with E-state index in [2.05, 4.69) is 20.8 Å². The van der Waals surface area contributed by atoms with Crippen LogP contribution in [0.5, 0.6) is 0 Å². The number of rotatable bonds is 4. The maximum absolute atomic E-state index is 11.6. The fourth-order valence-electron chi connectivity index (χ4n) is 1.34. The van der Waals surface area contributed by atoms with E-state index in [4.69, 9.17) is 5.73 Å². The van der Waals surface area contributed by atoms with Gasteiger partial charge in [0.25, 0.3) is 5.56 Å². The summed E-state index contributed by atoms with van der Waals surface area (Å²) >= 11 is 3.19. The Morgan fingerprint density at radius 2 is 2.20 bits per heavy atom. The highest BCUT2D eigenvalue weighted by molar-refractivity contribution is 9.10. The van der Waals surface area contributed by atoms with Crippen molar-refractivity contribution in [3.05, 3.63) is 27.1 Å². The van der Waals surface area contributed by atoms with Gasteiger partial charge in [0.2, 0.25) is 0 Å². The number of aromatic nitrogens is 1. The molecule has 1 aromatic rings. The Bertz CT molecular complexity index is 387. The second kappa shape index (κ2) is 5.32. The first-order valence-electron chi connectivity index (χ1n) is 4.81. The van der Waals surface area contributed by atoms with Crippen molar-refractivity contribution in [2.75, 3.05) is 26.4 Å². The lowest BCUT2D eigenvalue weighted by Crippen LogP contribution is -2.23. The van der Waals surface area contributed by atoms with Crippen LogP contribution in [-0.4, -0.2) is 30.1 Å². The molecule has 1 aromatic heterocycles. The third-order valence-corrected chi connectivity index (χ3v) is 2.64. The minimum atomic E-state index is -0.0250.